The summed E-state index contributed by atoms with van der Waals surface area (Å²) in [6.45, 7) is 3.53. The molecular weight excluding hydrogens is 279 g/mol. The molecule has 0 saturated heterocycles. The van der Waals surface area contributed by atoms with Gasteiger partial charge >= 0.3 is 6.18 Å². The molecule has 112 valence electrons. The highest BCUT2D eigenvalue weighted by Gasteiger charge is 2.31. The first-order chi connectivity index (χ1) is 9.82. The number of rotatable bonds is 3. The molecule has 0 spiro atoms. The molecule has 1 aromatic heterocycles. The lowest BCUT2D eigenvalue weighted by molar-refractivity contribution is -0.137. The summed E-state index contributed by atoms with van der Waals surface area (Å²) in [5, 5.41) is 3.05. The standard InChI is InChI=1S/C15H16F3N3/c1-9-7-20-14(21-8-9)13(19-3)12-5-4-11(6-10(12)2)15(16,17)18/h4-8,13,19H,1-3H3. The Bertz CT molecular complexity index is 621. The molecule has 0 saturated carbocycles. The predicted octanol–water partition coefficient (Wildman–Crippen LogP) is 3.42. The summed E-state index contributed by atoms with van der Waals surface area (Å²) in [5.74, 6) is 0.533. The van der Waals surface area contributed by atoms with Crippen molar-refractivity contribution in [1.29, 1.82) is 0 Å². The van der Waals surface area contributed by atoms with Crippen LogP contribution in [0.15, 0.2) is 30.6 Å². The molecule has 21 heavy (non-hydrogen) atoms. The maximum absolute atomic E-state index is 12.7. The highest BCUT2D eigenvalue weighted by atomic mass is 19.4. The van der Waals surface area contributed by atoms with Crippen molar-refractivity contribution >= 4 is 0 Å². The van der Waals surface area contributed by atoms with Gasteiger partial charge in [0, 0.05) is 12.4 Å². The van der Waals surface area contributed by atoms with Crippen LogP contribution in [0.25, 0.3) is 0 Å². The van der Waals surface area contributed by atoms with Crippen molar-refractivity contribution < 1.29 is 13.2 Å². The molecule has 0 fully saturated rings. The molecule has 1 N–H and O–H groups in total. The Morgan fingerprint density at radius 2 is 1.71 bits per heavy atom. The largest absolute Gasteiger partial charge is 0.416 e. The van der Waals surface area contributed by atoms with Crippen molar-refractivity contribution in [1.82, 2.24) is 15.3 Å². The van der Waals surface area contributed by atoms with Gasteiger partial charge in [-0.15, -0.1) is 0 Å². The summed E-state index contributed by atoms with van der Waals surface area (Å²) in [7, 11) is 1.73. The van der Waals surface area contributed by atoms with Crippen LogP contribution in [0.1, 0.15) is 34.1 Å². The van der Waals surface area contributed by atoms with Crippen molar-refractivity contribution in [2.75, 3.05) is 7.05 Å². The molecule has 1 atom stereocenters. The Balaban J connectivity index is 2.41. The quantitative estimate of drug-likeness (QED) is 0.943. The third kappa shape index (κ3) is 3.39. The third-order valence-electron chi connectivity index (χ3n) is 3.26. The summed E-state index contributed by atoms with van der Waals surface area (Å²) in [5.41, 5.74) is 1.56. The SMILES string of the molecule is CNC(c1ncc(C)cn1)c1ccc(C(F)(F)F)cc1C. The monoisotopic (exact) mass is 295 g/mol. The Morgan fingerprint density at radius 3 is 2.19 bits per heavy atom. The van der Waals surface area contributed by atoms with Crippen LogP contribution in [0, 0.1) is 13.8 Å². The van der Waals surface area contributed by atoms with Crippen molar-refractivity contribution in [3.63, 3.8) is 0 Å². The van der Waals surface area contributed by atoms with E-state index in [0.29, 0.717) is 11.4 Å². The van der Waals surface area contributed by atoms with E-state index in [1.807, 2.05) is 6.92 Å². The average molecular weight is 295 g/mol. The number of aryl methyl sites for hydroxylation is 2. The molecule has 0 aliphatic rings. The summed E-state index contributed by atoms with van der Waals surface area (Å²) >= 11 is 0. The maximum atomic E-state index is 12.7. The number of benzene rings is 1. The molecule has 1 heterocycles. The van der Waals surface area contributed by atoms with E-state index in [9.17, 15) is 13.2 Å². The fourth-order valence-electron chi connectivity index (χ4n) is 2.15. The van der Waals surface area contributed by atoms with Crippen molar-refractivity contribution in [3.8, 4) is 0 Å². The van der Waals surface area contributed by atoms with Gasteiger partial charge in [-0.25, -0.2) is 9.97 Å². The lowest BCUT2D eigenvalue weighted by Crippen LogP contribution is -2.21. The molecule has 0 amide bonds. The van der Waals surface area contributed by atoms with Gasteiger partial charge in [0.25, 0.3) is 0 Å². The minimum absolute atomic E-state index is 0.340. The number of hydrogen-bond acceptors (Lipinski definition) is 3. The second-order valence-electron chi connectivity index (χ2n) is 4.91. The topological polar surface area (TPSA) is 37.8 Å². The van der Waals surface area contributed by atoms with E-state index in [1.54, 1.807) is 26.4 Å². The molecule has 1 aromatic carbocycles. The first-order valence-corrected chi connectivity index (χ1v) is 6.46. The van der Waals surface area contributed by atoms with Crippen LogP contribution in [0.3, 0.4) is 0 Å². The van der Waals surface area contributed by atoms with Crippen molar-refractivity contribution in [2.45, 2.75) is 26.1 Å². The highest BCUT2D eigenvalue weighted by molar-refractivity contribution is 5.37. The second-order valence-corrected chi connectivity index (χ2v) is 4.91. The van der Waals surface area contributed by atoms with Gasteiger partial charge < -0.3 is 5.32 Å². The van der Waals surface area contributed by atoms with Crippen molar-refractivity contribution in [3.05, 3.63) is 58.7 Å². The number of nitrogens with zero attached hydrogens (tertiary/aromatic N) is 2. The Hall–Kier alpha value is -1.95. The van der Waals surface area contributed by atoms with E-state index in [1.165, 1.54) is 6.07 Å². The molecule has 2 aromatic rings. The molecular formula is C15H16F3N3. The van der Waals surface area contributed by atoms with Gasteiger partial charge in [-0.3, -0.25) is 0 Å². The molecule has 0 aliphatic heterocycles. The number of alkyl halides is 3. The minimum atomic E-state index is -4.33. The van der Waals surface area contributed by atoms with Gasteiger partial charge in [0.2, 0.25) is 0 Å². The van der Waals surface area contributed by atoms with Gasteiger partial charge in [0.15, 0.2) is 0 Å². The molecule has 2 rings (SSSR count). The van der Waals surface area contributed by atoms with Crippen LogP contribution < -0.4 is 5.32 Å². The van der Waals surface area contributed by atoms with Gasteiger partial charge in [-0.1, -0.05) is 6.07 Å². The lowest BCUT2D eigenvalue weighted by atomic mass is 9.98. The predicted molar refractivity (Wildman–Crippen MR) is 73.9 cm³/mol. The minimum Gasteiger partial charge on any atom is -0.307 e. The zero-order valence-electron chi connectivity index (χ0n) is 12.0. The van der Waals surface area contributed by atoms with Gasteiger partial charge in [-0.2, -0.15) is 13.2 Å². The average Bonchev–Trinajstić information content (AvgIpc) is 2.42. The van der Waals surface area contributed by atoms with Crippen LogP contribution in [-0.2, 0) is 6.18 Å². The molecule has 0 radical (unpaired) electrons. The summed E-state index contributed by atoms with van der Waals surface area (Å²) in [6, 6.07) is 3.37. The van der Waals surface area contributed by atoms with Crippen molar-refractivity contribution in [2.24, 2.45) is 0 Å². The number of aromatic nitrogens is 2. The smallest absolute Gasteiger partial charge is 0.307 e. The molecule has 0 bridgehead atoms. The van der Waals surface area contributed by atoms with Gasteiger partial charge in [0.05, 0.1) is 11.6 Å². The summed E-state index contributed by atoms with van der Waals surface area (Å²) in [4.78, 5) is 8.48. The second kappa shape index (κ2) is 5.81. The normalized spacial score (nSPS) is 13.2. The van der Waals surface area contributed by atoms with E-state index in [2.05, 4.69) is 15.3 Å². The third-order valence-corrected chi connectivity index (χ3v) is 3.26. The Kier molecular flexibility index (Phi) is 4.27. The van der Waals surface area contributed by atoms with Crippen LogP contribution in [-0.4, -0.2) is 17.0 Å². The first-order valence-electron chi connectivity index (χ1n) is 6.46. The highest BCUT2D eigenvalue weighted by Crippen LogP contribution is 2.32. The van der Waals surface area contributed by atoms with E-state index in [4.69, 9.17) is 0 Å². The molecule has 3 nitrogen and oxygen atoms in total. The molecule has 6 heteroatoms. The zero-order chi connectivity index (χ0) is 15.6. The zero-order valence-corrected chi connectivity index (χ0v) is 12.0. The number of nitrogens with one attached hydrogen (secondary N) is 1. The van der Waals surface area contributed by atoms with Crippen LogP contribution in [0.5, 0.6) is 0 Å². The van der Waals surface area contributed by atoms with E-state index < -0.39 is 11.7 Å². The maximum Gasteiger partial charge on any atom is 0.416 e. The van der Waals surface area contributed by atoms with Gasteiger partial charge in [0.1, 0.15) is 5.82 Å². The summed E-state index contributed by atoms with van der Waals surface area (Å²) in [6.07, 6.45) is -0.961. The Labute approximate surface area is 121 Å². The van der Waals surface area contributed by atoms with E-state index in [0.717, 1.165) is 23.3 Å². The van der Waals surface area contributed by atoms with Crippen LogP contribution in [0.2, 0.25) is 0 Å². The van der Waals surface area contributed by atoms with Gasteiger partial charge in [-0.05, 0) is 49.7 Å². The lowest BCUT2D eigenvalue weighted by Gasteiger charge is -2.19. The fraction of sp³-hybridized carbons (Fsp3) is 0.333. The van der Waals surface area contributed by atoms with Crippen LogP contribution in [0.4, 0.5) is 13.2 Å². The Morgan fingerprint density at radius 1 is 1.10 bits per heavy atom. The first kappa shape index (κ1) is 15.4. The number of halogens is 3. The van der Waals surface area contributed by atoms with E-state index in [-0.39, 0.29) is 6.04 Å². The molecule has 0 aliphatic carbocycles. The summed E-state index contributed by atoms with van der Waals surface area (Å²) < 4.78 is 38.1. The van der Waals surface area contributed by atoms with E-state index >= 15 is 0 Å². The number of hydrogen-bond donors (Lipinski definition) is 1. The van der Waals surface area contributed by atoms with Crippen LogP contribution >= 0.6 is 0 Å². The molecule has 1 unspecified atom stereocenters. The fourth-order valence-corrected chi connectivity index (χ4v) is 2.15.